The molecule has 0 spiro atoms. The first kappa shape index (κ1) is 16.4. The lowest BCUT2D eigenvalue weighted by Gasteiger charge is -2.39. The third-order valence-corrected chi connectivity index (χ3v) is 3.59. The van der Waals surface area contributed by atoms with Gasteiger partial charge >= 0.3 is 0 Å². The van der Waals surface area contributed by atoms with E-state index in [0.717, 1.165) is 26.1 Å². The van der Waals surface area contributed by atoms with Crippen molar-refractivity contribution >= 4 is 5.91 Å². The van der Waals surface area contributed by atoms with E-state index in [4.69, 9.17) is 5.11 Å². The van der Waals surface area contributed by atoms with Gasteiger partial charge in [-0.15, -0.1) is 0 Å². The normalized spacial score (nSPS) is 26.1. The summed E-state index contributed by atoms with van der Waals surface area (Å²) >= 11 is 0. The number of piperidine rings is 1. The Morgan fingerprint density at radius 2 is 2.16 bits per heavy atom. The first-order valence-electron chi connectivity index (χ1n) is 7.02. The van der Waals surface area contributed by atoms with Gasteiger partial charge in [0, 0.05) is 45.7 Å². The first-order chi connectivity index (χ1) is 9.02. The number of aliphatic hydroxyl groups is 2. The van der Waals surface area contributed by atoms with Crippen LogP contribution in [0.5, 0.6) is 0 Å². The summed E-state index contributed by atoms with van der Waals surface area (Å²) in [6.45, 7) is 7.22. The fraction of sp³-hybridized carbons (Fsp3) is 0.923. The number of nitrogens with zero attached hydrogens (tertiary/aromatic N) is 1. The summed E-state index contributed by atoms with van der Waals surface area (Å²) in [5, 5.41) is 24.7. The Balaban J connectivity index is 2.42. The molecule has 0 radical (unpaired) electrons. The fourth-order valence-electron chi connectivity index (χ4n) is 2.57. The van der Waals surface area contributed by atoms with Crippen molar-refractivity contribution in [2.45, 2.75) is 32.4 Å². The number of likely N-dealkylation sites (tertiary alicyclic amines) is 1. The van der Waals surface area contributed by atoms with E-state index in [1.165, 1.54) is 6.92 Å². The monoisotopic (exact) mass is 273 g/mol. The average molecular weight is 273 g/mol. The molecule has 4 N–H and O–H groups in total. The molecule has 19 heavy (non-hydrogen) atoms. The maximum Gasteiger partial charge on any atom is 0.216 e. The van der Waals surface area contributed by atoms with Gasteiger partial charge in [-0.25, -0.2) is 0 Å². The molecule has 3 unspecified atom stereocenters. The highest BCUT2D eigenvalue weighted by molar-refractivity contribution is 5.72. The summed E-state index contributed by atoms with van der Waals surface area (Å²) in [5.41, 5.74) is 0. The Kier molecular flexibility index (Phi) is 7.30. The van der Waals surface area contributed by atoms with Crippen LogP contribution in [-0.2, 0) is 4.79 Å². The Labute approximate surface area is 115 Å². The molecule has 0 aliphatic carbocycles. The number of amides is 1. The van der Waals surface area contributed by atoms with E-state index in [1.54, 1.807) is 0 Å². The van der Waals surface area contributed by atoms with E-state index < -0.39 is 0 Å². The highest BCUT2D eigenvalue weighted by Gasteiger charge is 2.29. The van der Waals surface area contributed by atoms with Gasteiger partial charge in [-0.1, -0.05) is 0 Å². The fourth-order valence-corrected chi connectivity index (χ4v) is 2.57. The number of nitrogens with one attached hydrogen (secondary N) is 2. The molecule has 6 nitrogen and oxygen atoms in total. The molecule has 0 bridgehead atoms. The lowest BCUT2D eigenvalue weighted by molar-refractivity contribution is -0.119. The topological polar surface area (TPSA) is 84.8 Å². The summed E-state index contributed by atoms with van der Waals surface area (Å²) in [7, 11) is 0. The maximum absolute atomic E-state index is 10.9. The van der Waals surface area contributed by atoms with Gasteiger partial charge in [-0.2, -0.15) is 0 Å². The zero-order chi connectivity index (χ0) is 14.3. The molecular weight excluding hydrogens is 246 g/mol. The van der Waals surface area contributed by atoms with Gasteiger partial charge in [-0.3, -0.25) is 9.69 Å². The second-order valence-corrected chi connectivity index (χ2v) is 5.35. The molecule has 1 aliphatic heterocycles. The third kappa shape index (κ3) is 6.33. The van der Waals surface area contributed by atoms with Gasteiger partial charge in [0.2, 0.25) is 5.91 Å². The van der Waals surface area contributed by atoms with E-state index in [-0.39, 0.29) is 30.6 Å². The first-order valence-corrected chi connectivity index (χ1v) is 7.02. The van der Waals surface area contributed by atoms with Crippen molar-refractivity contribution in [3.05, 3.63) is 0 Å². The van der Waals surface area contributed by atoms with Gasteiger partial charge < -0.3 is 20.8 Å². The number of carbonyl (C=O) groups excluding carboxylic acids is 1. The molecule has 1 amide bonds. The number of carbonyl (C=O) groups is 1. The van der Waals surface area contributed by atoms with Crippen molar-refractivity contribution in [1.82, 2.24) is 15.5 Å². The zero-order valence-corrected chi connectivity index (χ0v) is 11.9. The van der Waals surface area contributed by atoms with Crippen molar-refractivity contribution in [1.29, 1.82) is 0 Å². The van der Waals surface area contributed by atoms with Crippen LogP contribution >= 0.6 is 0 Å². The molecule has 3 atom stereocenters. The molecule has 0 aromatic rings. The Bertz CT molecular complexity index is 274. The summed E-state index contributed by atoms with van der Waals surface area (Å²) in [6, 6.07) is 0.290. The molecule has 1 heterocycles. The number of rotatable bonds is 7. The summed E-state index contributed by atoms with van der Waals surface area (Å²) in [5.74, 6) is 0.223. The largest absolute Gasteiger partial charge is 0.395 e. The van der Waals surface area contributed by atoms with E-state index in [2.05, 4.69) is 15.5 Å². The van der Waals surface area contributed by atoms with Gasteiger partial charge in [0.1, 0.15) is 0 Å². The van der Waals surface area contributed by atoms with E-state index >= 15 is 0 Å². The van der Waals surface area contributed by atoms with Crippen LogP contribution in [0.25, 0.3) is 0 Å². The van der Waals surface area contributed by atoms with Crippen LogP contribution in [0.1, 0.15) is 20.3 Å². The average Bonchev–Trinajstić information content (AvgIpc) is 2.35. The quantitative estimate of drug-likeness (QED) is 0.467. The molecule has 1 rings (SSSR count). The second kappa shape index (κ2) is 8.47. The zero-order valence-electron chi connectivity index (χ0n) is 11.9. The van der Waals surface area contributed by atoms with Gasteiger partial charge in [0.05, 0.1) is 12.7 Å². The third-order valence-electron chi connectivity index (χ3n) is 3.59. The predicted octanol–water partition coefficient (Wildman–Crippen LogP) is -1.22. The van der Waals surface area contributed by atoms with Gasteiger partial charge in [0.25, 0.3) is 0 Å². The predicted molar refractivity (Wildman–Crippen MR) is 73.8 cm³/mol. The van der Waals surface area contributed by atoms with Crippen LogP contribution in [0.2, 0.25) is 0 Å². The lowest BCUT2D eigenvalue weighted by atomic mass is 9.90. The molecule has 112 valence electrons. The molecule has 1 saturated heterocycles. The Morgan fingerprint density at radius 1 is 1.42 bits per heavy atom. The van der Waals surface area contributed by atoms with Gasteiger partial charge in [-0.05, 0) is 19.3 Å². The summed E-state index contributed by atoms with van der Waals surface area (Å²) in [4.78, 5) is 13.1. The standard InChI is InChI=1S/C13H27N3O3/c1-10(18)12-7-13(15-4-6-17)9-16(8-12)5-3-14-11(2)19/h10,12-13,15,17-18H,3-9H2,1-2H3,(H,14,19). The van der Waals surface area contributed by atoms with E-state index in [9.17, 15) is 9.90 Å². The minimum atomic E-state index is -0.331. The number of hydrogen-bond acceptors (Lipinski definition) is 5. The molecule has 6 heteroatoms. The molecule has 0 aromatic carbocycles. The van der Waals surface area contributed by atoms with Crippen molar-refractivity contribution in [2.24, 2.45) is 5.92 Å². The second-order valence-electron chi connectivity index (χ2n) is 5.35. The van der Waals surface area contributed by atoms with E-state index in [1.807, 2.05) is 6.92 Å². The minimum Gasteiger partial charge on any atom is -0.395 e. The number of hydrogen-bond donors (Lipinski definition) is 4. The summed E-state index contributed by atoms with van der Waals surface area (Å²) < 4.78 is 0. The van der Waals surface area contributed by atoms with Crippen molar-refractivity contribution in [3.63, 3.8) is 0 Å². The maximum atomic E-state index is 10.9. The SMILES string of the molecule is CC(=O)NCCN1CC(NCCO)CC(C(C)O)C1. The smallest absolute Gasteiger partial charge is 0.216 e. The molecule has 1 fully saturated rings. The van der Waals surface area contributed by atoms with Crippen molar-refractivity contribution in [2.75, 3.05) is 39.3 Å². The van der Waals surface area contributed by atoms with Crippen LogP contribution < -0.4 is 10.6 Å². The molecule has 1 aliphatic rings. The van der Waals surface area contributed by atoms with Crippen LogP contribution in [0, 0.1) is 5.92 Å². The summed E-state index contributed by atoms with van der Waals surface area (Å²) in [6.07, 6.45) is 0.593. The number of aliphatic hydroxyl groups excluding tert-OH is 2. The lowest BCUT2D eigenvalue weighted by Crippen LogP contribution is -2.53. The molecule has 0 aromatic heterocycles. The Hall–Kier alpha value is -0.690. The van der Waals surface area contributed by atoms with Gasteiger partial charge in [0.15, 0.2) is 0 Å². The highest BCUT2D eigenvalue weighted by Crippen LogP contribution is 2.19. The van der Waals surface area contributed by atoms with Crippen LogP contribution in [-0.4, -0.2) is 72.5 Å². The van der Waals surface area contributed by atoms with Crippen LogP contribution in [0.15, 0.2) is 0 Å². The van der Waals surface area contributed by atoms with Crippen LogP contribution in [0.3, 0.4) is 0 Å². The molecule has 0 saturated carbocycles. The highest BCUT2D eigenvalue weighted by atomic mass is 16.3. The van der Waals surface area contributed by atoms with Crippen molar-refractivity contribution in [3.8, 4) is 0 Å². The van der Waals surface area contributed by atoms with Crippen LogP contribution in [0.4, 0.5) is 0 Å². The van der Waals surface area contributed by atoms with Crippen molar-refractivity contribution < 1.29 is 15.0 Å². The molecular formula is C13H27N3O3. The van der Waals surface area contributed by atoms with E-state index in [0.29, 0.717) is 13.1 Å². The minimum absolute atomic E-state index is 0.0148. The Morgan fingerprint density at radius 3 is 2.74 bits per heavy atom.